The molecule has 0 radical (unpaired) electrons. The van der Waals surface area contributed by atoms with Crippen LogP contribution < -0.4 is 5.32 Å². The summed E-state index contributed by atoms with van der Waals surface area (Å²) in [6.07, 6.45) is 2.92. The highest BCUT2D eigenvalue weighted by atomic mass is 32.2. The highest BCUT2D eigenvalue weighted by Gasteiger charge is 2.10. The summed E-state index contributed by atoms with van der Waals surface area (Å²) >= 11 is 1.81. The SMILES string of the molecule is CC1C=CSc2ccccc21.CCNC=O. The van der Waals surface area contributed by atoms with Crippen LogP contribution in [0.5, 0.6) is 0 Å². The van der Waals surface area contributed by atoms with E-state index in [1.165, 1.54) is 10.5 Å². The van der Waals surface area contributed by atoms with Crippen LogP contribution >= 0.6 is 11.8 Å². The largest absolute Gasteiger partial charge is 0.359 e. The van der Waals surface area contributed by atoms with Gasteiger partial charge in [-0.15, -0.1) is 0 Å². The van der Waals surface area contributed by atoms with E-state index >= 15 is 0 Å². The third-order valence-electron chi connectivity index (χ3n) is 2.26. The number of carbonyl (C=O) groups excluding carboxylic acids is 1. The topological polar surface area (TPSA) is 29.1 Å². The minimum absolute atomic E-state index is 0.590. The van der Waals surface area contributed by atoms with E-state index in [9.17, 15) is 4.79 Å². The monoisotopic (exact) mass is 235 g/mol. The average molecular weight is 235 g/mol. The van der Waals surface area contributed by atoms with Crippen molar-refractivity contribution in [1.82, 2.24) is 5.32 Å². The maximum Gasteiger partial charge on any atom is 0.207 e. The van der Waals surface area contributed by atoms with E-state index in [2.05, 4.69) is 48.0 Å². The van der Waals surface area contributed by atoms with Crippen LogP contribution in [0.25, 0.3) is 0 Å². The standard InChI is InChI=1S/C10H10S.C3H7NO/c1-8-6-7-11-10-5-3-2-4-9(8)10;1-2-4-3-5/h2-8H,1H3;3H,2H2,1H3,(H,4,5). The van der Waals surface area contributed by atoms with E-state index in [0.717, 1.165) is 6.54 Å². The van der Waals surface area contributed by atoms with Crippen molar-refractivity contribution in [2.24, 2.45) is 0 Å². The van der Waals surface area contributed by atoms with E-state index in [1.807, 2.05) is 18.7 Å². The summed E-state index contributed by atoms with van der Waals surface area (Å²) in [5.41, 5.74) is 1.46. The molecule has 1 aromatic rings. The molecule has 1 aliphatic heterocycles. The van der Waals surface area contributed by atoms with Gasteiger partial charge in [0.25, 0.3) is 0 Å². The summed E-state index contributed by atoms with van der Waals surface area (Å²) < 4.78 is 0. The lowest BCUT2D eigenvalue weighted by molar-refractivity contribution is -0.109. The Morgan fingerprint density at radius 1 is 1.44 bits per heavy atom. The summed E-state index contributed by atoms with van der Waals surface area (Å²) in [4.78, 5) is 10.7. The van der Waals surface area contributed by atoms with Crippen LogP contribution in [0.4, 0.5) is 0 Å². The van der Waals surface area contributed by atoms with Gasteiger partial charge in [-0.2, -0.15) is 0 Å². The molecule has 0 aromatic heterocycles. The van der Waals surface area contributed by atoms with Gasteiger partial charge in [-0.1, -0.05) is 43.0 Å². The van der Waals surface area contributed by atoms with Gasteiger partial charge in [0.1, 0.15) is 0 Å². The van der Waals surface area contributed by atoms with Crippen LogP contribution in [0.2, 0.25) is 0 Å². The van der Waals surface area contributed by atoms with Crippen molar-refractivity contribution < 1.29 is 4.79 Å². The highest BCUT2D eigenvalue weighted by molar-refractivity contribution is 8.02. The van der Waals surface area contributed by atoms with Crippen molar-refractivity contribution in [3.63, 3.8) is 0 Å². The third-order valence-corrected chi connectivity index (χ3v) is 3.18. The van der Waals surface area contributed by atoms with E-state index in [0.29, 0.717) is 12.3 Å². The Bertz CT molecular complexity index is 363. The number of allylic oxidation sites excluding steroid dienone is 1. The van der Waals surface area contributed by atoms with Gasteiger partial charge in [-0.3, -0.25) is 4.79 Å². The molecular formula is C13H17NOS. The highest BCUT2D eigenvalue weighted by Crippen LogP contribution is 2.34. The predicted octanol–water partition coefficient (Wildman–Crippen LogP) is 3.16. The molecule has 86 valence electrons. The summed E-state index contributed by atoms with van der Waals surface area (Å²) in [5.74, 6) is 0.590. The van der Waals surface area contributed by atoms with Crippen LogP contribution in [0, 0.1) is 0 Å². The molecule has 0 aliphatic carbocycles. The van der Waals surface area contributed by atoms with Crippen LogP contribution in [0.1, 0.15) is 25.3 Å². The molecule has 0 saturated heterocycles. The Kier molecular flexibility index (Phi) is 5.72. The van der Waals surface area contributed by atoms with Crippen molar-refractivity contribution in [2.45, 2.75) is 24.7 Å². The second kappa shape index (κ2) is 7.12. The maximum absolute atomic E-state index is 9.29. The first-order valence-corrected chi connectivity index (χ1v) is 6.26. The number of nitrogens with one attached hydrogen (secondary N) is 1. The third kappa shape index (κ3) is 3.74. The first-order chi connectivity index (χ1) is 7.79. The molecule has 2 nitrogen and oxygen atoms in total. The summed E-state index contributed by atoms with van der Waals surface area (Å²) in [6, 6.07) is 8.59. The number of thioether (sulfide) groups is 1. The van der Waals surface area contributed by atoms with Crippen LogP contribution in [-0.2, 0) is 4.79 Å². The first-order valence-electron chi connectivity index (χ1n) is 5.38. The zero-order valence-corrected chi connectivity index (χ0v) is 10.5. The first kappa shape index (κ1) is 12.8. The van der Waals surface area contributed by atoms with Crippen LogP contribution in [0.3, 0.4) is 0 Å². The lowest BCUT2D eigenvalue weighted by atomic mass is 10.0. The minimum atomic E-state index is 0.590. The fraction of sp³-hybridized carbons (Fsp3) is 0.308. The predicted molar refractivity (Wildman–Crippen MR) is 69.6 cm³/mol. The molecule has 1 aromatic carbocycles. The van der Waals surface area contributed by atoms with Crippen molar-refractivity contribution in [1.29, 1.82) is 0 Å². The zero-order valence-electron chi connectivity index (χ0n) is 9.64. The molecular weight excluding hydrogens is 218 g/mol. The number of amides is 1. The molecule has 1 N–H and O–H groups in total. The number of rotatable bonds is 2. The molecule has 3 heteroatoms. The number of carbonyl (C=O) groups is 1. The summed E-state index contributed by atoms with van der Waals surface area (Å²) in [5, 5.41) is 4.60. The number of benzene rings is 1. The van der Waals surface area contributed by atoms with Gasteiger partial charge >= 0.3 is 0 Å². The van der Waals surface area contributed by atoms with E-state index < -0.39 is 0 Å². The van der Waals surface area contributed by atoms with Crippen molar-refractivity contribution in [3.05, 3.63) is 41.3 Å². The Labute approximate surface area is 101 Å². The molecule has 16 heavy (non-hydrogen) atoms. The molecule has 2 rings (SSSR count). The van der Waals surface area contributed by atoms with Gasteiger partial charge in [0.15, 0.2) is 0 Å². The number of hydrogen-bond donors (Lipinski definition) is 1. The molecule has 0 saturated carbocycles. The second-order valence-electron chi connectivity index (χ2n) is 3.45. The maximum atomic E-state index is 9.29. The smallest absolute Gasteiger partial charge is 0.207 e. The molecule has 0 fully saturated rings. The minimum Gasteiger partial charge on any atom is -0.359 e. The molecule has 0 bridgehead atoms. The molecule has 1 unspecified atom stereocenters. The fourth-order valence-electron chi connectivity index (χ4n) is 1.38. The van der Waals surface area contributed by atoms with Crippen LogP contribution in [-0.4, -0.2) is 13.0 Å². The number of hydrogen-bond acceptors (Lipinski definition) is 2. The fourth-order valence-corrected chi connectivity index (χ4v) is 2.39. The van der Waals surface area contributed by atoms with Gasteiger partial charge < -0.3 is 5.32 Å². The lowest BCUT2D eigenvalue weighted by Gasteiger charge is -2.15. The second-order valence-corrected chi connectivity index (χ2v) is 4.40. The molecule has 1 heterocycles. The van der Waals surface area contributed by atoms with Gasteiger partial charge in [-0.25, -0.2) is 0 Å². The van der Waals surface area contributed by atoms with Crippen LogP contribution in [0.15, 0.2) is 40.6 Å². The Morgan fingerprint density at radius 2 is 2.19 bits per heavy atom. The molecule has 1 atom stereocenters. The van der Waals surface area contributed by atoms with Gasteiger partial charge in [-0.05, 0) is 24.0 Å². The van der Waals surface area contributed by atoms with Gasteiger partial charge in [0.2, 0.25) is 6.41 Å². The quantitative estimate of drug-likeness (QED) is 0.798. The lowest BCUT2D eigenvalue weighted by Crippen LogP contribution is -2.07. The number of fused-ring (bicyclic) bond motifs is 1. The Morgan fingerprint density at radius 3 is 2.75 bits per heavy atom. The normalized spacial score (nSPS) is 16.8. The van der Waals surface area contributed by atoms with Crippen molar-refractivity contribution >= 4 is 18.2 Å². The van der Waals surface area contributed by atoms with E-state index in [1.54, 1.807) is 0 Å². The Balaban J connectivity index is 0.000000221. The summed E-state index contributed by atoms with van der Waals surface area (Å²) in [7, 11) is 0. The zero-order chi connectivity index (χ0) is 11.8. The van der Waals surface area contributed by atoms with Crippen molar-refractivity contribution in [3.8, 4) is 0 Å². The van der Waals surface area contributed by atoms with Gasteiger partial charge in [0, 0.05) is 17.4 Å². The van der Waals surface area contributed by atoms with Crippen molar-refractivity contribution in [2.75, 3.05) is 6.54 Å². The molecule has 1 amide bonds. The van der Waals surface area contributed by atoms with E-state index in [-0.39, 0.29) is 0 Å². The van der Waals surface area contributed by atoms with E-state index in [4.69, 9.17) is 0 Å². The summed E-state index contributed by atoms with van der Waals surface area (Å²) in [6.45, 7) is 4.83. The van der Waals surface area contributed by atoms with Gasteiger partial charge in [0.05, 0.1) is 0 Å². The molecule has 0 spiro atoms. The average Bonchev–Trinajstić information content (AvgIpc) is 2.32. The molecule has 1 aliphatic rings. The Hall–Kier alpha value is -1.22.